The fourth-order valence-electron chi connectivity index (χ4n) is 2.50. The normalized spacial score (nSPS) is 18.5. The van der Waals surface area contributed by atoms with Gasteiger partial charge in [-0.15, -0.1) is 0 Å². The van der Waals surface area contributed by atoms with Gasteiger partial charge < -0.3 is 15.5 Å². The van der Waals surface area contributed by atoms with E-state index < -0.39 is 5.60 Å². The van der Waals surface area contributed by atoms with Gasteiger partial charge in [-0.25, -0.2) is 0 Å². The summed E-state index contributed by atoms with van der Waals surface area (Å²) in [6.07, 6.45) is 4.02. The quantitative estimate of drug-likeness (QED) is 0.749. The summed E-state index contributed by atoms with van der Waals surface area (Å²) in [4.78, 5) is 0. The molecule has 1 aliphatic rings. The Hall–Kier alpha value is -1.06. The minimum absolute atomic E-state index is 0.321. The van der Waals surface area contributed by atoms with Crippen LogP contribution in [0.5, 0.6) is 5.75 Å². The summed E-state index contributed by atoms with van der Waals surface area (Å²) in [5, 5.41) is 23.1. The number of aromatic hydroxyl groups is 1. The van der Waals surface area contributed by atoms with E-state index in [4.69, 9.17) is 0 Å². The van der Waals surface area contributed by atoms with Gasteiger partial charge in [-0.1, -0.05) is 30.5 Å². The van der Waals surface area contributed by atoms with Gasteiger partial charge in [-0.3, -0.25) is 0 Å². The third-order valence-electron chi connectivity index (χ3n) is 3.54. The van der Waals surface area contributed by atoms with Gasteiger partial charge in [-0.05, 0) is 25.8 Å². The Balaban J connectivity index is 1.87. The number of aryl methyl sites for hydroxylation is 1. The van der Waals surface area contributed by atoms with Crippen LogP contribution in [0.3, 0.4) is 0 Å². The van der Waals surface area contributed by atoms with Crippen LogP contribution < -0.4 is 5.32 Å². The Kier molecular flexibility index (Phi) is 3.69. The predicted molar refractivity (Wildman–Crippen MR) is 68.0 cm³/mol. The molecule has 1 saturated carbocycles. The van der Waals surface area contributed by atoms with E-state index in [-0.39, 0.29) is 0 Å². The summed E-state index contributed by atoms with van der Waals surface area (Å²) in [5.41, 5.74) is 1.50. The SMILES string of the molecule is Cc1ccc(O)c(CNCC2(O)CCCC2)c1. The average Bonchev–Trinajstić information content (AvgIpc) is 2.71. The largest absolute Gasteiger partial charge is 0.508 e. The molecule has 1 aromatic rings. The molecular formula is C14H21NO2. The predicted octanol–water partition coefficient (Wildman–Crippen LogP) is 2.10. The van der Waals surface area contributed by atoms with Gasteiger partial charge in [0.1, 0.15) is 5.75 Å². The van der Waals surface area contributed by atoms with Crippen LogP contribution in [-0.4, -0.2) is 22.4 Å². The second-order valence-corrected chi connectivity index (χ2v) is 5.17. The topological polar surface area (TPSA) is 52.5 Å². The molecule has 1 aromatic carbocycles. The Bertz CT molecular complexity index is 384. The van der Waals surface area contributed by atoms with Gasteiger partial charge >= 0.3 is 0 Å². The van der Waals surface area contributed by atoms with Crippen molar-refractivity contribution in [1.29, 1.82) is 0 Å². The van der Waals surface area contributed by atoms with E-state index in [1.807, 2.05) is 19.1 Å². The van der Waals surface area contributed by atoms with Crippen LogP contribution in [0.2, 0.25) is 0 Å². The Morgan fingerprint density at radius 1 is 1.29 bits per heavy atom. The van der Waals surface area contributed by atoms with Gasteiger partial charge in [0.15, 0.2) is 0 Å². The fourth-order valence-corrected chi connectivity index (χ4v) is 2.50. The number of benzene rings is 1. The minimum atomic E-state index is -0.528. The second kappa shape index (κ2) is 5.07. The molecule has 1 fully saturated rings. The van der Waals surface area contributed by atoms with E-state index in [2.05, 4.69) is 5.32 Å². The van der Waals surface area contributed by atoms with E-state index >= 15 is 0 Å². The molecule has 3 nitrogen and oxygen atoms in total. The first kappa shape index (κ1) is 12.4. The second-order valence-electron chi connectivity index (χ2n) is 5.17. The molecule has 1 aliphatic carbocycles. The van der Waals surface area contributed by atoms with Crippen LogP contribution in [0.4, 0.5) is 0 Å². The van der Waals surface area contributed by atoms with E-state index in [1.54, 1.807) is 6.07 Å². The summed E-state index contributed by atoms with van der Waals surface area (Å²) in [6.45, 7) is 3.23. The first-order valence-corrected chi connectivity index (χ1v) is 6.31. The van der Waals surface area contributed by atoms with Crippen LogP contribution in [-0.2, 0) is 6.54 Å². The number of phenols is 1. The molecule has 3 heteroatoms. The molecule has 0 aliphatic heterocycles. The summed E-state index contributed by atoms with van der Waals surface area (Å²) >= 11 is 0. The van der Waals surface area contributed by atoms with E-state index in [9.17, 15) is 10.2 Å². The first-order chi connectivity index (χ1) is 8.09. The highest BCUT2D eigenvalue weighted by Gasteiger charge is 2.30. The number of rotatable bonds is 4. The van der Waals surface area contributed by atoms with Crippen molar-refractivity contribution in [2.45, 2.75) is 44.8 Å². The molecular weight excluding hydrogens is 214 g/mol. The summed E-state index contributed by atoms with van der Waals surface area (Å²) in [7, 11) is 0. The molecule has 0 aromatic heterocycles. The van der Waals surface area contributed by atoms with Crippen molar-refractivity contribution in [3.8, 4) is 5.75 Å². The summed E-state index contributed by atoms with van der Waals surface area (Å²) < 4.78 is 0. The lowest BCUT2D eigenvalue weighted by Gasteiger charge is -2.22. The van der Waals surface area contributed by atoms with E-state index in [0.717, 1.165) is 36.8 Å². The van der Waals surface area contributed by atoms with Crippen molar-refractivity contribution >= 4 is 0 Å². The monoisotopic (exact) mass is 235 g/mol. The Morgan fingerprint density at radius 2 is 2.00 bits per heavy atom. The molecule has 0 spiro atoms. The molecule has 2 rings (SSSR count). The van der Waals surface area contributed by atoms with Gasteiger partial charge in [-0.2, -0.15) is 0 Å². The van der Waals surface area contributed by atoms with Crippen molar-refractivity contribution in [2.75, 3.05) is 6.54 Å². The van der Waals surface area contributed by atoms with Crippen LogP contribution in [0.15, 0.2) is 18.2 Å². The van der Waals surface area contributed by atoms with Crippen molar-refractivity contribution in [3.05, 3.63) is 29.3 Å². The molecule has 0 amide bonds. The van der Waals surface area contributed by atoms with E-state index in [1.165, 1.54) is 0 Å². The van der Waals surface area contributed by atoms with Gasteiger partial charge in [0.05, 0.1) is 5.60 Å². The molecule has 17 heavy (non-hydrogen) atoms. The Morgan fingerprint density at radius 3 is 2.71 bits per heavy atom. The zero-order valence-corrected chi connectivity index (χ0v) is 10.4. The lowest BCUT2D eigenvalue weighted by atomic mass is 10.0. The summed E-state index contributed by atoms with van der Waals surface area (Å²) in [6, 6.07) is 5.58. The van der Waals surface area contributed by atoms with Gasteiger partial charge in [0.2, 0.25) is 0 Å². The smallest absolute Gasteiger partial charge is 0.120 e. The lowest BCUT2D eigenvalue weighted by molar-refractivity contribution is 0.0474. The van der Waals surface area contributed by atoms with Crippen LogP contribution >= 0.6 is 0 Å². The molecule has 0 atom stereocenters. The number of hydrogen-bond acceptors (Lipinski definition) is 3. The van der Waals surface area contributed by atoms with Gasteiger partial charge in [0, 0.05) is 18.7 Å². The van der Waals surface area contributed by atoms with Crippen LogP contribution in [0.1, 0.15) is 36.8 Å². The highest BCUT2D eigenvalue weighted by atomic mass is 16.3. The van der Waals surface area contributed by atoms with Gasteiger partial charge in [0.25, 0.3) is 0 Å². The maximum absolute atomic E-state index is 10.2. The van der Waals surface area contributed by atoms with Crippen LogP contribution in [0.25, 0.3) is 0 Å². The molecule has 3 N–H and O–H groups in total. The maximum atomic E-state index is 10.2. The van der Waals surface area contributed by atoms with Crippen molar-refractivity contribution in [1.82, 2.24) is 5.32 Å². The van der Waals surface area contributed by atoms with Crippen LogP contribution in [0, 0.1) is 6.92 Å². The number of hydrogen-bond donors (Lipinski definition) is 3. The number of nitrogens with one attached hydrogen (secondary N) is 1. The maximum Gasteiger partial charge on any atom is 0.120 e. The Labute approximate surface area is 102 Å². The molecule has 94 valence electrons. The first-order valence-electron chi connectivity index (χ1n) is 6.31. The highest BCUT2D eigenvalue weighted by Crippen LogP contribution is 2.28. The molecule has 0 bridgehead atoms. The molecule has 0 unspecified atom stereocenters. The number of phenolic OH excluding ortho intramolecular Hbond substituents is 1. The third kappa shape index (κ3) is 3.20. The summed E-state index contributed by atoms with van der Waals surface area (Å²) in [5.74, 6) is 0.321. The minimum Gasteiger partial charge on any atom is -0.508 e. The third-order valence-corrected chi connectivity index (χ3v) is 3.54. The average molecular weight is 235 g/mol. The van der Waals surface area contributed by atoms with Crippen molar-refractivity contribution in [3.63, 3.8) is 0 Å². The molecule has 0 radical (unpaired) electrons. The highest BCUT2D eigenvalue weighted by molar-refractivity contribution is 5.35. The lowest BCUT2D eigenvalue weighted by Crippen LogP contribution is -2.37. The number of aliphatic hydroxyl groups is 1. The zero-order valence-electron chi connectivity index (χ0n) is 10.4. The fraction of sp³-hybridized carbons (Fsp3) is 0.571. The standard InChI is InChI=1S/C14H21NO2/c1-11-4-5-13(16)12(8-11)9-15-10-14(17)6-2-3-7-14/h4-5,8,15-17H,2-3,6-7,9-10H2,1H3. The van der Waals surface area contributed by atoms with Crippen molar-refractivity contribution in [2.24, 2.45) is 0 Å². The van der Waals surface area contributed by atoms with E-state index in [0.29, 0.717) is 18.8 Å². The molecule has 0 saturated heterocycles. The molecule has 0 heterocycles. The van der Waals surface area contributed by atoms with Crippen molar-refractivity contribution < 1.29 is 10.2 Å². The zero-order chi connectivity index (χ0) is 12.3.